The maximum atomic E-state index is 12.6. The first-order valence-electron chi connectivity index (χ1n) is 18.8. The maximum absolute atomic E-state index is 12.6. The lowest BCUT2D eigenvalue weighted by molar-refractivity contribution is -0.193. The summed E-state index contributed by atoms with van der Waals surface area (Å²) in [4.78, 5) is 60.7. The van der Waals surface area contributed by atoms with Crippen LogP contribution in [0.25, 0.3) is 0 Å². The van der Waals surface area contributed by atoms with Crippen LogP contribution < -0.4 is 0 Å². The van der Waals surface area contributed by atoms with Crippen LogP contribution >= 0.6 is 0 Å². The normalized spacial score (nSPS) is 23.5. The summed E-state index contributed by atoms with van der Waals surface area (Å²) in [6, 6.07) is 23.7. The number of hydrogen-bond acceptors (Lipinski definition) is 12. The zero-order valence-electron chi connectivity index (χ0n) is 33.7. The summed E-state index contributed by atoms with van der Waals surface area (Å²) >= 11 is 0. The van der Waals surface area contributed by atoms with Crippen LogP contribution in [0.4, 0.5) is 9.59 Å². The number of likely N-dealkylation sites (tertiary alicyclic amines) is 2. The predicted octanol–water partition coefficient (Wildman–Crippen LogP) is 7.14. The van der Waals surface area contributed by atoms with Gasteiger partial charge in [-0.05, 0) is 84.7 Å². The summed E-state index contributed by atoms with van der Waals surface area (Å²) in [6.07, 6.45) is 5.71. The van der Waals surface area contributed by atoms with Gasteiger partial charge >= 0.3 is 31.6 Å². The molecular weight excluding hydrogens is 731 g/mol. The first-order valence-corrected chi connectivity index (χ1v) is 18.8. The fourth-order valence-electron chi connectivity index (χ4n) is 7.08. The van der Waals surface area contributed by atoms with Crippen LogP contribution in [-0.2, 0) is 51.2 Å². The number of rotatable bonds is 10. The van der Waals surface area contributed by atoms with Gasteiger partial charge in [-0.1, -0.05) is 73.2 Å². The monoisotopic (exact) mass is 784 g/mol. The molecule has 0 aliphatic carbocycles. The van der Waals surface area contributed by atoms with Crippen molar-refractivity contribution in [3.63, 3.8) is 0 Å². The molecule has 15 heteroatoms. The van der Waals surface area contributed by atoms with Crippen molar-refractivity contribution < 1.29 is 47.5 Å². The lowest BCUT2D eigenvalue weighted by Crippen LogP contribution is -2.41. The lowest BCUT2D eigenvalue weighted by atomic mass is 9.74. The van der Waals surface area contributed by atoms with E-state index in [1.807, 2.05) is 102 Å². The molecule has 0 N–H and O–H groups in total. The molecule has 0 bridgehead atoms. The zero-order chi connectivity index (χ0) is 42.7. The standard InChI is InChI=1S/C23H33BN2O4.C17H20N2O2.2CO2/c1-18-23(17-25,12-9-14-24-29-21(2,3)22(4,5)30-24)13-15-26(18)20(27)28-16-19-10-7-6-8-11-19;1-3-9-17(13-18)10-11-19(14(17)2)16(20)21-12-15-7-5-4-6-8-15;2*2-1-3/h6-8,10-11,18H,9,12-16H2,1-5H3;3-8,14H,1,9-12H2,2H3;;/t18-,23-;14-,17-;;/m11../s1. The summed E-state index contributed by atoms with van der Waals surface area (Å²) in [5.41, 5.74) is 0.125. The number of allylic oxidation sites excluding steroid dienone is 1. The number of amides is 2. The van der Waals surface area contributed by atoms with Crippen LogP contribution in [0, 0.1) is 33.5 Å². The number of benzene rings is 2. The van der Waals surface area contributed by atoms with Crippen molar-refractivity contribution in [2.75, 3.05) is 13.1 Å². The molecule has 0 saturated carbocycles. The molecule has 0 radical (unpaired) electrons. The van der Waals surface area contributed by atoms with E-state index >= 15 is 0 Å². The Kier molecular flexibility index (Phi) is 18.6. The molecule has 2 aromatic rings. The molecule has 57 heavy (non-hydrogen) atoms. The van der Waals surface area contributed by atoms with Gasteiger partial charge in [-0.2, -0.15) is 29.7 Å². The molecule has 3 fully saturated rings. The van der Waals surface area contributed by atoms with Gasteiger partial charge in [-0.3, -0.25) is 0 Å². The topological polar surface area (TPSA) is 193 Å². The summed E-state index contributed by atoms with van der Waals surface area (Å²) < 4.78 is 23.0. The van der Waals surface area contributed by atoms with Gasteiger partial charge in [0.05, 0.1) is 46.3 Å². The Labute approximate surface area is 335 Å². The first kappa shape index (κ1) is 47.6. The van der Waals surface area contributed by atoms with Gasteiger partial charge in [0, 0.05) is 13.1 Å². The summed E-state index contributed by atoms with van der Waals surface area (Å²) in [6.45, 7) is 17.3. The van der Waals surface area contributed by atoms with Gasteiger partial charge in [0.15, 0.2) is 0 Å². The third-order valence-corrected chi connectivity index (χ3v) is 11.3. The van der Waals surface area contributed by atoms with Crippen LogP contribution in [-0.4, -0.2) is 77.8 Å². The number of ether oxygens (including phenoxy) is 2. The van der Waals surface area contributed by atoms with Crippen molar-refractivity contribution in [1.82, 2.24) is 9.80 Å². The van der Waals surface area contributed by atoms with Crippen LogP contribution in [0.2, 0.25) is 6.32 Å². The van der Waals surface area contributed by atoms with Crippen LogP contribution in [0.3, 0.4) is 0 Å². The molecule has 0 unspecified atom stereocenters. The Morgan fingerprint density at radius 3 is 1.54 bits per heavy atom. The van der Waals surface area contributed by atoms with Gasteiger partial charge in [-0.25, -0.2) is 9.59 Å². The summed E-state index contributed by atoms with van der Waals surface area (Å²) in [5, 5.41) is 19.4. The van der Waals surface area contributed by atoms with Gasteiger partial charge < -0.3 is 28.6 Å². The number of hydrogen-bond donors (Lipinski definition) is 0. The molecule has 3 aliphatic heterocycles. The Morgan fingerprint density at radius 2 is 1.16 bits per heavy atom. The molecule has 0 spiro atoms. The van der Waals surface area contributed by atoms with Crippen molar-refractivity contribution >= 4 is 31.6 Å². The van der Waals surface area contributed by atoms with E-state index in [1.54, 1.807) is 15.9 Å². The van der Waals surface area contributed by atoms with Gasteiger partial charge in [0.25, 0.3) is 0 Å². The second-order valence-electron chi connectivity index (χ2n) is 15.1. The molecule has 4 atom stereocenters. The van der Waals surface area contributed by atoms with E-state index in [0.717, 1.165) is 23.9 Å². The highest BCUT2D eigenvalue weighted by atomic mass is 16.7. The van der Waals surface area contributed by atoms with Crippen LogP contribution in [0.5, 0.6) is 0 Å². The Morgan fingerprint density at radius 1 is 0.772 bits per heavy atom. The Bertz CT molecular complexity index is 1740. The zero-order valence-corrected chi connectivity index (χ0v) is 33.7. The second-order valence-corrected chi connectivity index (χ2v) is 15.1. The average molecular weight is 785 g/mol. The SMILES string of the molecule is C=CC[C@]1(C#N)CCN(C(=O)OCc2ccccc2)[C@@H]1C.C[C@H]1N(C(=O)OCc2ccccc2)CC[C@@]1(C#N)CCCB1OC(C)(C)C(C)(C)O1.O=C=O.O=C=O. The molecule has 3 aliphatic rings. The highest BCUT2D eigenvalue weighted by Gasteiger charge is 2.52. The second kappa shape index (κ2) is 22.3. The maximum Gasteiger partial charge on any atom is 0.457 e. The molecule has 0 aromatic heterocycles. The molecule has 5 rings (SSSR count). The van der Waals surface area contributed by atoms with Crippen LogP contribution in [0.15, 0.2) is 73.3 Å². The fraction of sp³-hybridized carbons (Fsp3) is 0.524. The van der Waals surface area contributed by atoms with E-state index in [-0.39, 0.29) is 68.1 Å². The molecular formula is C42H53BN4O10. The minimum Gasteiger partial charge on any atom is -0.445 e. The van der Waals surface area contributed by atoms with Gasteiger partial charge in [0.1, 0.15) is 13.2 Å². The van der Waals surface area contributed by atoms with E-state index in [4.69, 9.17) is 38.0 Å². The summed E-state index contributed by atoms with van der Waals surface area (Å²) in [7, 11) is -0.255. The molecule has 2 aromatic carbocycles. The first-order chi connectivity index (χ1) is 27.1. The largest absolute Gasteiger partial charge is 0.457 e. The highest BCUT2D eigenvalue weighted by molar-refractivity contribution is 6.45. The number of nitriles is 2. The van der Waals surface area contributed by atoms with Gasteiger partial charge in [-0.15, -0.1) is 6.58 Å². The molecule has 3 heterocycles. The quantitative estimate of drug-likeness (QED) is 0.175. The Balaban J connectivity index is 0.000000362. The minimum atomic E-state index is -0.560. The van der Waals surface area contributed by atoms with E-state index in [9.17, 15) is 20.1 Å². The van der Waals surface area contributed by atoms with E-state index in [0.29, 0.717) is 38.8 Å². The smallest absolute Gasteiger partial charge is 0.445 e. The van der Waals surface area contributed by atoms with Crippen molar-refractivity contribution in [2.45, 2.75) is 116 Å². The Hall–Kier alpha value is -5.56. The third-order valence-electron chi connectivity index (χ3n) is 11.3. The molecule has 2 amide bonds. The van der Waals surface area contributed by atoms with Crippen molar-refractivity contribution in [2.24, 2.45) is 10.8 Å². The van der Waals surface area contributed by atoms with E-state index in [2.05, 4.69) is 18.7 Å². The molecule has 304 valence electrons. The fourth-order valence-corrected chi connectivity index (χ4v) is 7.08. The van der Waals surface area contributed by atoms with Crippen molar-refractivity contribution in [3.05, 3.63) is 84.4 Å². The lowest BCUT2D eigenvalue weighted by Gasteiger charge is -2.32. The van der Waals surface area contributed by atoms with E-state index in [1.165, 1.54) is 0 Å². The molecule has 3 saturated heterocycles. The minimum absolute atomic E-state index is 0.163. The highest BCUT2D eigenvalue weighted by Crippen LogP contribution is 2.43. The van der Waals surface area contributed by atoms with Crippen LogP contribution in [0.1, 0.15) is 84.8 Å². The number of carbonyl (C=O) groups is 2. The number of nitrogens with zero attached hydrogens (tertiary/aromatic N) is 4. The van der Waals surface area contributed by atoms with Crippen molar-refractivity contribution in [1.29, 1.82) is 10.5 Å². The predicted molar refractivity (Wildman–Crippen MR) is 206 cm³/mol. The van der Waals surface area contributed by atoms with Gasteiger partial charge in [0.2, 0.25) is 0 Å². The summed E-state index contributed by atoms with van der Waals surface area (Å²) in [5.74, 6) is 0. The van der Waals surface area contributed by atoms with E-state index < -0.39 is 10.8 Å². The number of carbonyl (C=O) groups excluding carboxylic acids is 6. The third kappa shape index (κ3) is 12.7. The van der Waals surface area contributed by atoms with Crippen molar-refractivity contribution in [3.8, 4) is 12.1 Å². The molecule has 14 nitrogen and oxygen atoms in total. The average Bonchev–Trinajstić information content (AvgIpc) is 3.77.